The molecule has 0 aliphatic heterocycles. The Morgan fingerprint density at radius 2 is 2.00 bits per heavy atom. The molecule has 1 heterocycles. The predicted molar refractivity (Wildman–Crippen MR) is 108 cm³/mol. The summed E-state index contributed by atoms with van der Waals surface area (Å²) in [4.78, 5) is 14.0. The van der Waals surface area contributed by atoms with Gasteiger partial charge in [-0.05, 0) is 36.3 Å². The number of aromatic amines is 1. The van der Waals surface area contributed by atoms with Crippen molar-refractivity contribution in [3.63, 3.8) is 0 Å². The minimum atomic E-state index is -0.240. The maximum absolute atomic E-state index is 11.9. The Morgan fingerprint density at radius 3 is 2.61 bits per heavy atom. The van der Waals surface area contributed by atoms with Gasteiger partial charge in [0.15, 0.2) is 5.82 Å². The number of H-pyrrole nitrogens is 1. The van der Waals surface area contributed by atoms with Crippen molar-refractivity contribution < 1.29 is 4.92 Å². The van der Waals surface area contributed by atoms with Gasteiger partial charge in [-0.2, -0.15) is 5.21 Å². The fourth-order valence-electron chi connectivity index (χ4n) is 4.13. The average molecular weight is 387 g/mol. The van der Waals surface area contributed by atoms with Gasteiger partial charge in [-0.1, -0.05) is 51.3 Å². The minimum absolute atomic E-state index is 0.0681. The van der Waals surface area contributed by atoms with Crippen molar-refractivity contribution in [3.8, 4) is 0 Å². The molecule has 1 unspecified atom stereocenters. The number of hydrogen-bond acceptors (Lipinski definition) is 6. The Hall–Kier alpha value is -2.51. The van der Waals surface area contributed by atoms with Crippen LogP contribution < -0.4 is 4.90 Å². The second kappa shape index (κ2) is 9.12. The monoisotopic (exact) mass is 386 g/mol. The highest BCUT2D eigenvalue weighted by Gasteiger charge is 2.28. The van der Waals surface area contributed by atoms with Crippen molar-refractivity contribution in [1.29, 1.82) is 0 Å². The fourth-order valence-corrected chi connectivity index (χ4v) is 4.13. The first-order valence-electron chi connectivity index (χ1n) is 10.2. The van der Waals surface area contributed by atoms with Crippen LogP contribution in [0.1, 0.15) is 70.2 Å². The number of nitro benzene ring substituents is 1. The van der Waals surface area contributed by atoms with Crippen molar-refractivity contribution in [1.82, 2.24) is 20.6 Å². The van der Waals surface area contributed by atoms with Crippen LogP contribution in [0, 0.1) is 16.0 Å². The zero-order valence-corrected chi connectivity index (χ0v) is 17.0. The molecule has 8 nitrogen and oxygen atoms in total. The SMILES string of the molecule is CC(C)CN(c1ccc(C(C)Cc2nn[nH]n2)cc1[N+](=O)[O-])C1CCCCC1. The van der Waals surface area contributed by atoms with Crippen LogP contribution in [-0.2, 0) is 6.42 Å². The zero-order chi connectivity index (χ0) is 20.1. The van der Waals surface area contributed by atoms with E-state index in [-0.39, 0.29) is 16.5 Å². The molecule has 1 atom stereocenters. The molecule has 1 saturated carbocycles. The molecule has 8 heteroatoms. The number of aromatic nitrogens is 4. The van der Waals surface area contributed by atoms with E-state index in [0.717, 1.165) is 30.6 Å². The third-order valence-electron chi connectivity index (χ3n) is 5.53. The van der Waals surface area contributed by atoms with Gasteiger partial charge >= 0.3 is 0 Å². The molecule has 1 fully saturated rings. The number of rotatable bonds is 8. The number of hydrogen-bond donors (Lipinski definition) is 1. The van der Waals surface area contributed by atoms with Crippen LogP contribution in [0.15, 0.2) is 18.2 Å². The number of tetrazole rings is 1. The van der Waals surface area contributed by atoms with Gasteiger partial charge in [-0.15, -0.1) is 10.2 Å². The highest BCUT2D eigenvalue weighted by atomic mass is 16.6. The topological polar surface area (TPSA) is 101 Å². The third kappa shape index (κ3) is 4.85. The van der Waals surface area contributed by atoms with E-state index in [1.807, 2.05) is 19.1 Å². The summed E-state index contributed by atoms with van der Waals surface area (Å²) >= 11 is 0. The number of anilines is 1. The molecule has 0 radical (unpaired) electrons. The van der Waals surface area contributed by atoms with E-state index >= 15 is 0 Å². The molecular formula is C20H30N6O2. The fraction of sp³-hybridized carbons (Fsp3) is 0.650. The van der Waals surface area contributed by atoms with E-state index in [0.29, 0.717) is 24.2 Å². The molecule has 1 aliphatic rings. The van der Waals surface area contributed by atoms with Crippen LogP contribution in [-0.4, -0.2) is 38.1 Å². The van der Waals surface area contributed by atoms with Gasteiger partial charge in [0.25, 0.3) is 5.69 Å². The van der Waals surface area contributed by atoms with Gasteiger partial charge in [0.1, 0.15) is 5.69 Å². The minimum Gasteiger partial charge on any atom is -0.363 e. The van der Waals surface area contributed by atoms with E-state index in [1.54, 1.807) is 6.07 Å². The van der Waals surface area contributed by atoms with Gasteiger partial charge in [0, 0.05) is 25.1 Å². The van der Waals surface area contributed by atoms with Crippen LogP contribution in [0.4, 0.5) is 11.4 Å². The first kappa shape index (κ1) is 20.2. The number of benzene rings is 1. The van der Waals surface area contributed by atoms with Gasteiger partial charge in [0.05, 0.1) is 4.92 Å². The van der Waals surface area contributed by atoms with Crippen molar-refractivity contribution in [3.05, 3.63) is 39.7 Å². The molecule has 2 aromatic rings. The maximum atomic E-state index is 11.9. The normalized spacial score (nSPS) is 16.3. The molecule has 0 amide bonds. The number of nitrogens with one attached hydrogen (secondary N) is 1. The van der Waals surface area contributed by atoms with Crippen LogP contribution in [0.25, 0.3) is 0 Å². The molecule has 3 rings (SSSR count). The highest BCUT2D eigenvalue weighted by Crippen LogP contribution is 2.36. The molecule has 1 N–H and O–H groups in total. The summed E-state index contributed by atoms with van der Waals surface area (Å²) in [5, 5.41) is 25.9. The lowest BCUT2D eigenvalue weighted by Crippen LogP contribution is -2.39. The van der Waals surface area contributed by atoms with Crippen molar-refractivity contribution >= 4 is 11.4 Å². The lowest BCUT2D eigenvalue weighted by molar-refractivity contribution is -0.384. The van der Waals surface area contributed by atoms with Gasteiger partial charge in [-0.25, -0.2) is 0 Å². The molecule has 0 bridgehead atoms. The summed E-state index contributed by atoms with van der Waals surface area (Å²) in [6.45, 7) is 7.21. The Balaban J connectivity index is 1.90. The number of nitro groups is 1. The Bertz CT molecular complexity index is 771. The molecule has 1 aliphatic carbocycles. The largest absolute Gasteiger partial charge is 0.363 e. The summed E-state index contributed by atoms with van der Waals surface area (Å²) in [7, 11) is 0. The standard InChI is InChI=1S/C20H30N6O2/c1-14(2)13-25(17-7-5-4-6-8-17)18-10-9-16(12-19(18)26(27)28)15(3)11-20-21-23-24-22-20/h9-10,12,14-15,17H,4-8,11,13H2,1-3H3,(H,21,22,23,24). The summed E-state index contributed by atoms with van der Waals surface area (Å²) in [6.07, 6.45) is 6.48. The summed E-state index contributed by atoms with van der Waals surface area (Å²) in [5.41, 5.74) is 1.87. The summed E-state index contributed by atoms with van der Waals surface area (Å²) in [6, 6.07) is 6.08. The predicted octanol–water partition coefficient (Wildman–Crippen LogP) is 4.25. The summed E-state index contributed by atoms with van der Waals surface area (Å²) < 4.78 is 0. The van der Waals surface area contributed by atoms with E-state index in [1.165, 1.54) is 19.3 Å². The molecule has 1 aromatic carbocycles. The Labute approximate surface area is 165 Å². The molecule has 152 valence electrons. The second-order valence-electron chi connectivity index (χ2n) is 8.28. The first-order valence-corrected chi connectivity index (χ1v) is 10.2. The first-order chi connectivity index (χ1) is 13.5. The lowest BCUT2D eigenvalue weighted by atomic mass is 9.92. The van der Waals surface area contributed by atoms with Crippen LogP contribution in [0.2, 0.25) is 0 Å². The molecular weight excluding hydrogens is 356 g/mol. The van der Waals surface area contributed by atoms with Crippen LogP contribution in [0.5, 0.6) is 0 Å². The average Bonchev–Trinajstić information content (AvgIpc) is 3.19. The van der Waals surface area contributed by atoms with Crippen molar-refractivity contribution in [2.24, 2.45) is 5.92 Å². The molecule has 0 saturated heterocycles. The Kier molecular flexibility index (Phi) is 6.59. The third-order valence-corrected chi connectivity index (χ3v) is 5.53. The number of nitrogens with zero attached hydrogens (tertiary/aromatic N) is 5. The van der Waals surface area contributed by atoms with Gasteiger partial charge < -0.3 is 4.90 Å². The van der Waals surface area contributed by atoms with E-state index in [2.05, 4.69) is 39.4 Å². The second-order valence-corrected chi connectivity index (χ2v) is 8.28. The van der Waals surface area contributed by atoms with Crippen LogP contribution in [0.3, 0.4) is 0 Å². The molecule has 0 spiro atoms. The zero-order valence-electron chi connectivity index (χ0n) is 17.0. The van der Waals surface area contributed by atoms with Gasteiger partial charge in [-0.3, -0.25) is 10.1 Å². The van der Waals surface area contributed by atoms with Crippen LogP contribution >= 0.6 is 0 Å². The summed E-state index contributed by atoms with van der Waals surface area (Å²) in [5.74, 6) is 1.12. The van der Waals surface area contributed by atoms with Crippen molar-refractivity contribution in [2.75, 3.05) is 11.4 Å². The van der Waals surface area contributed by atoms with Gasteiger partial charge in [0.2, 0.25) is 0 Å². The van der Waals surface area contributed by atoms with Crippen molar-refractivity contribution in [2.45, 2.75) is 71.3 Å². The maximum Gasteiger partial charge on any atom is 0.292 e. The molecule has 1 aromatic heterocycles. The van der Waals surface area contributed by atoms with E-state index in [4.69, 9.17) is 0 Å². The smallest absolute Gasteiger partial charge is 0.292 e. The Morgan fingerprint density at radius 1 is 1.25 bits per heavy atom. The quantitative estimate of drug-likeness (QED) is 0.538. The molecule has 28 heavy (non-hydrogen) atoms. The lowest BCUT2D eigenvalue weighted by Gasteiger charge is -2.37. The highest BCUT2D eigenvalue weighted by molar-refractivity contribution is 5.65. The van der Waals surface area contributed by atoms with E-state index in [9.17, 15) is 10.1 Å². The van der Waals surface area contributed by atoms with E-state index < -0.39 is 0 Å².